The molecule has 2 N–H and O–H groups in total. The van der Waals surface area contributed by atoms with Crippen LogP contribution in [0.15, 0.2) is 48.5 Å². The number of amides is 1. The Kier molecular flexibility index (Phi) is 4.32. The minimum absolute atomic E-state index is 0.326. The average Bonchev–Trinajstić information content (AvgIpc) is 2.47. The Morgan fingerprint density at radius 3 is 2.60 bits per heavy atom. The summed E-state index contributed by atoms with van der Waals surface area (Å²) in [5.41, 5.74) is 0.835. The summed E-state index contributed by atoms with van der Waals surface area (Å²) in [5.74, 6) is -0.418. The molecule has 0 radical (unpaired) electrons. The van der Waals surface area contributed by atoms with Gasteiger partial charge in [-0.2, -0.15) is 0 Å². The molecule has 0 spiro atoms. The highest BCUT2D eigenvalue weighted by atomic mass is 19.1. The first-order valence-corrected chi connectivity index (χ1v) is 5.98. The molecular formula is C15H14FNO3. The van der Waals surface area contributed by atoms with Gasteiger partial charge >= 0.3 is 0 Å². The molecule has 1 unspecified atom stereocenters. The topological polar surface area (TPSA) is 58.6 Å². The smallest absolute Gasteiger partial charge is 0.257 e. The molecule has 20 heavy (non-hydrogen) atoms. The van der Waals surface area contributed by atoms with Crippen LogP contribution >= 0.6 is 0 Å². The van der Waals surface area contributed by atoms with Gasteiger partial charge in [0.2, 0.25) is 0 Å². The van der Waals surface area contributed by atoms with E-state index in [1.807, 2.05) is 0 Å². The molecule has 4 nitrogen and oxygen atoms in total. The molecule has 0 saturated heterocycles. The molecular weight excluding hydrogens is 261 g/mol. The van der Waals surface area contributed by atoms with E-state index < -0.39 is 17.8 Å². The predicted molar refractivity (Wildman–Crippen MR) is 73.0 cm³/mol. The van der Waals surface area contributed by atoms with Gasteiger partial charge in [-0.25, -0.2) is 4.39 Å². The maximum absolute atomic E-state index is 12.8. The Morgan fingerprint density at radius 1 is 1.25 bits per heavy atom. The van der Waals surface area contributed by atoms with E-state index in [-0.39, 0.29) is 0 Å². The van der Waals surface area contributed by atoms with Crippen molar-refractivity contribution in [3.05, 3.63) is 59.9 Å². The van der Waals surface area contributed by atoms with Crippen molar-refractivity contribution < 1.29 is 19.0 Å². The third-order valence-corrected chi connectivity index (χ3v) is 2.77. The molecule has 1 atom stereocenters. The number of ether oxygens (including phenoxy) is 1. The molecule has 0 fully saturated rings. The Morgan fingerprint density at radius 2 is 1.95 bits per heavy atom. The van der Waals surface area contributed by atoms with Crippen molar-refractivity contribution in [2.75, 3.05) is 12.4 Å². The zero-order valence-electron chi connectivity index (χ0n) is 10.8. The van der Waals surface area contributed by atoms with Gasteiger partial charge in [0.15, 0.2) is 6.10 Å². The number of nitrogens with one attached hydrogen (secondary N) is 1. The van der Waals surface area contributed by atoms with E-state index >= 15 is 0 Å². The Bertz CT molecular complexity index is 598. The maximum atomic E-state index is 12.8. The predicted octanol–water partition coefficient (Wildman–Crippen LogP) is 2.51. The Balaban J connectivity index is 2.09. The summed E-state index contributed by atoms with van der Waals surface area (Å²) in [6, 6.07) is 11.9. The molecule has 0 aliphatic carbocycles. The van der Waals surface area contributed by atoms with Gasteiger partial charge in [-0.15, -0.1) is 0 Å². The summed E-state index contributed by atoms with van der Waals surface area (Å²) in [6.45, 7) is 0. The van der Waals surface area contributed by atoms with Crippen LogP contribution in [0.5, 0.6) is 5.75 Å². The molecule has 0 aliphatic heterocycles. The second-order valence-corrected chi connectivity index (χ2v) is 4.18. The van der Waals surface area contributed by atoms with E-state index in [1.165, 1.54) is 31.4 Å². The number of methoxy groups -OCH3 is 1. The molecule has 104 valence electrons. The summed E-state index contributed by atoms with van der Waals surface area (Å²) in [6.07, 6.45) is -1.36. The lowest BCUT2D eigenvalue weighted by atomic mass is 10.1. The number of carbonyl (C=O) groups excluding carboxylic acids is 1. The van der Waals surface area contributed by atoms with Crippen LogP contribution < -0.4 is 10.1 Å². The first-order chi connectivity index (χ1) is 9.60. The standard InChI is InChI=1S/C15H14FNO3/c1-20-13-4-2-3-12(9-13)17-15(19)14(18)10-5-7-11(16)8-6-10/h2-9,14,18H,1H3,(H,17,19). The largest absolute Gasteiger partial charge is 0.497 e. The normalized spacial score (nSPS) is 11.8. The summed E-state index contributed by atoms with van der Waals surface area (Å²) < 4.78 is 17.8. The number of aliphatic hydroxyl groups is 1. The van der Waals surface area contributed by atoms with Crippen molar-refractivity contribution in [2.24, 2.45) is 0 Å². The van der Waals surface area contributed by atoms with Gasteiger partial charge in [0.1, 0.15) is 11.6 Å². The SMILES string of the molecule is COc1cccc(NC(=O)C(O)c2ccc(F)cc2)c1. The number of hydrogen-bond acceptors (Lipinski definition) is 3. The van der Waals surface area contributed by atoms with Gasteiger partial charge in [-0.1, -0.05) is 18.2 Å². The van der Waals surface area contributed by atoms with Crippen molar-refractivity contribution >= 4 is 11.6 Å². The lowest BCUT2D eigenvalue weighted by molar-refractivity contribution is -0.124. The van der Waals surface area contributed by atoms with Crippen LogP contribution in [0.3, 0.4) is 0 Å². The highest BCUT2D eigenvalue weighted by Gasteiger charge is 2.17. The number of hydrogen-bond donors (Lipinski definition) is 2. The fourth-order valence-corrected chi connectivity index (χ4v) is 1.71. The third-order valence-electron chi connectivity index (χ3n) is 2.77. The van der Waals surface area contributed by atoms with Crippen molar-refractivity contribution in [2.45, 2.75) is 6.10 Å². The zero-order valence-corrected chi connectivity index (χ0v) is 10.8. The molecule has 0 saturated carbocycles. The molecule has 0 bridgehead atoms. The van der Waals surface area contributed by atoms with E-state index in [0.29, 0.717) is 17.0 Å². The van der Waals surface area contributed by atoms with Gasteiger partial charge in [0, 0.05) is 11.8 Å². The lowest BCUT2D eigenvalue weighted by Crippen LogP contribution is -2.20. The quantitative estimate of drug-likeness (QED) is 0.901. The van der Waals surface area contributed by atoms with E-state index in [1.54, 1.807) is 24.3 Å². The van der Waals surface area contributed by atoms with Crippen LogP contribution in [0, 0.1) is 5.82 Å². The number of rotatable bonds is 4. The average molecular weight is 275 g/mol. The van der Waals surface area contributed by atoms with E-state index in [0.717, 1.165) is 0 Å². The second kappa shape index (κ2) is 6.16. The highest BCUT2D eigenvalue weighted by Crippen LogP contribution is 2.19. The van der Waals surface area contributed by atoms with Crippen LogP contribution in [-0.2, 0) is 4.79 Å². The Labute approximate surface area is 115 Å². The minimum atomic E-state index is -1.36. The fraction of sp³-hybridized carbons (Fsp3) is 0.133. The fourth-order valence-electron chi connectivity index (χ4n) is 1.71. The summed E-state index contributed by atoms with van der Waals surface area (Å²) >= 11 is 0. The number of halogens is 1. The van der Waals surface area contributed by atoms with Crippen LogP contribution in [0.2, 0.25) is 0 Å². The van der Waals surface area contributed by atoms with Gasteiger partial charge in [-0.3, -0.25) is 4.79 Å². The number of benzene rings is 2. The van der Waals surface area contributed by atoms with Crippen LogP contribution in [0.1, 0.15) is 11.7 Å². The first-order valence-electron chi connectivity index (χ1n) is 5.98. The summed E-state index contributed by atoms with van der Waals surface area (Å²) in [7, 11) is 1.52. The highest BCUT2D eigenvalue weighted by molar-refractivity contribution is 5.94. The molecule has 0 aliphatic rings. The van der Waals surface area contributed by atoms with Crippen molar-refractivity contribution in [1.82, 2.24) is 0 Å². The Hall–Kier alpha value is -2.40. The monoisotopic (exact) mass is 275 g/mol. The van der Waals surface area contributed by atoms with Crippen molar-refractivity contribution in [3.63, 3.8) is 0 Å². The number of aliphatic hydroxyl groups excluding tert-OH is 1. The lowest BCUT2D eigenvalue weighted by Gasteiger charge is -2.12. The summed E-state index contributed by atoms with van der Waals surface area (Å²) in [5, 5.41) is 12.5. The van der Waals surface area contributed by atoms with E-state index in [2.05, 4.69) is 5.32 Å². The van der Waals surface area contributed by atoms with Gasteiger partial charge in [0.05, 0.1) is 7.11 Å². The molecule has 2 aromatic carbocycles. The molecule has 1 amide bonds. The van der Waals surface area contributed by atoms with E-state index in [4.69, 9.17) is 4.74 Å². The molecule has 0 heterocycles. The zero-order chi connectivity index (χ0) is 14.5. The molecule has 0 aromatic heterocycles. The van der Waals surface area contributed by atoms with Gasteiger partial charge in [0.25, 0.3) is 5.91 Å². The summed E-state index contributed by atoms with van der Waals surface area (Å²) in [4.78, 5) is 11.9. The molecule has 2 rings (SSSR count). The van der Waals surface area contributed by atoms with Crippen LogP contribution in [0.25, 0.3) is 0 Å². The maximum Gasteiger partial charge on any atom is 0.257 e. The molecule has 5 heteroatoms. The number of anilines is 1. The molecule has 2 aromatic rings. The van der Waals surface area contributed by atoms with Gasteiger partial charge < -0.3 is 15.2 Å². The minimum Gasteiger partial charge on any atom is -0.497 e. The second-order valence-electron chi connectivity index (χ2n) is 4.18. The van der Waals surface area contributed by atoms with Gasteiger partial charge in [-0.05, 0) is 29.8 Å². The number of carbonyl (C=O) groups is 1. The first kappa shape index (κ1) is 14.0. The third kappa shape index (κ3) is 3.33. The van der Waals surface area contributed by atoms with Crippen LogP contribution in [-0.4, -0.2) is 18.1 Å². The van der Waals surface area contributed by atoms with Crippen molar-refractivity contribution in [3.8, 4) is 5.75 Å². The van der Waals surface area contributed by atoms with E-state index in [9.17, 15) is 14.3 Å². The van der Waals surface area contributed by atoms with Crippen molar-refractivity contribution in [1.29, 1.82) is 0 Å². The van der Waals surface area contributed by atoms with Crippen LogP contribution in [0.4, 0.5) is 10.1 Å².